The van der Waals surface area contributed by atoms with Gasteiger partial charge in [-0.05, 0) is 6.92 Å². The van der Waals surface area contributed by atoms with Gasteiger partial charge >= 0.3 is 6.03 Å². The van der Waals surface area contributed by atoms with Gasteiger partial charge in [0.25, 0.3) is 0 Å². The zero-order valence-electron chi connectivity index (χ0n) is 14.7. The molecule has 1 heterocycles. The zero-order valence-corrected chi connectivity index (χ0v) is 15.5. The number of urea groups is 1. The van der Waals surface area contributed by atoms with Gasteiger partial charge in [0.2, 0.25) is 0 Å². The summed E-state index contributed by atoms with van der Waals surface area (Å²) in [5.74, 6) is 1.19. The van der Waals surface area contributed by atoms with E-state index in [0.29, 0.717) is 22.3 Å². The molecule has 0 fully saturated rings. The largest absolute Gasteiger partial charge is 0.497 e. The summed E-state index contributed by atoms with van der Waals surface area (Å²) in [5, 5.41) is 7.93. The molecule has 0 unspecified atom stereocenters. The Kier molecular flexibility index (Phi) is 5.38. The second-order valence-electron chi connectivity index (χ2n) is 5.58. The molecule has 0 aliphatic heterocycles. The number of anilines is 2. The number of rotatable bonds is 5. The van der Waals surface area contributed by atoms with Crippen LogP contribution in [0.2, 0.25) is 0 Å². The summed E-state index contributed by atoms with van der Waals surface area (Å²) >= 11 is 1.37. The summed E-state index contributed by atoms with van der Waals surface area (Å²) in [6, 6.07) is 12.9. The predicted molar refractivity (Wildman–Crippen MR) is 104 cm³/mol. The first-order valence-corrected chi connectivity index (χ1v) is 8.79. The van der Waals surface area contributed by atoms with Crippen LogP contribution in [0.3, 0.4) is 0 Å². The maximum atomic E-state index is 12.2. The van der Waals surface area contributed by atoms with Crippen LogP contribution in [0.1, 0.15) is 5.56 Å². The van der Waals surface area contributed by atoms with E-state index in [0.717, 1.165) is 11.3 Å². The van der Waals surface area contributed by atoms with Crippen molar-refractivity contribution in [3.63, 3.8) is 0 Å². The van der Waals surface area contributed by atoms with Crippen molar-refractivity contribution in [3.8, 4) is 22.8 Å². The van der Waals surface area contributed by atoms with Crippen molar-refractivity contribution in [3.05, 3.63) is 53.4 Å². The fraction of sp³-hybridized carbons (Fsp3) is 0.158. The molecular formula is C19H19N3O3S. The molecule has 26 heavy (non-hydrogen) atoms. The highest BCUT2D eigenvalue weighted by Gasteiger charge is 2.10. The first kappa shape index (κ1) is 17.8. The van der Waals surface area contributed by atoms with Gasteiger partial charge in [-0.15, -0.1) is 11.3 Å². The molecule has 0 aliphatic rings. The van der Waals surface area contributed by atoms with Crippen LogP contribution in [0.15, 0.2) is 47.8 Å². The van der Waals surface area contributed by atoms with Gasteiger partial charge in [0.05, 0.1) is 19.9 Å². The molecule has 6 nitrogen and oxygen atoms in total. The number of amides is 2. The van der Waals surface area contributed by atoms with E-state index in [4.69, 9.17) is 9.47 Å². The molecule has 0 saturated carbocycles. The van der Waals surface area contributed by atoms with Crippen molar-refractivity contribution in [2.75, 3.05) is 24.9 Å². The van der Waals surface area contributed by atoms with Crippen LogP contribution in [-0.2, 0) is 0 Å². The smallest absolute Gasteiger partial charge is 0.325 e. The second kappa shape index (κ2) is 7.88. The lowest BCUT2D eigenvalue weighted by Crippen LogP contribution is -2.19. The molecule has 7 heteroatoms. The minimum Gasteiger partial charge on any atom is -0.497 e. The highest BCUT2D eigenvalue weighted by atomic mass is 32.1. The molecule has 134 valence electrons. The SMILES string of the molecule is COc1cc(NC(=O)Nc2nc(-c3ccc(C)cc3)cs2)cc(OC)c1. The minimum absolute atomic E-state index is 0.384. The average molecular weight is 369 g/mol. The standard InChI is InChI=1S/C19H19N3O3S/c1-12-4-6-13(7-5-12)17-11-26-19(21-17)22-18(23)20-14-8-15(24-2)10-16(9-14)25-3/h4-11H,1-3H3,(H2,20,21,22,23). The van der Waals surface area contributed by atoms with Crippen LogP contribution in [0.5, 0.6) is 11.5 Å². The molecule has 2 N–H and O–H groups in total. The average Bonchev–Trinajstić information content (AvgIpc) is 3.10. The van der Waals surface area contributed by atoms with E-state index in [1.165, 1.54) is 16.9 Å². The highest BCUT2D eigenvalue weighted by molar-refractivity contribution is 7.14. The van der Waals surface area contributed by atoms with Gasteiger partial charge in [0, 0.05) is 34.8 Å². The van der Waals surface area contributed by atoms with Crippen molar-refractivity contribution in [2.24, 2.45) is 0 Å². The molecule has 1 aromatic heterocycles. The number of aryl methyl sites for hydroxylation is 1. The van der Waals surface area contributed by atoms with Crippen LogP contribution in [0.25, 0.3) is 11.3 Å². The molecule has 0 bridgehead atoms. The second-order valence-corrected chi connectivity index (χ2v) is 6.44. The summed E-state index contributed by atoms with van der Waals surface area (Å²) < 4.78 is 10.4. The Labute approximate surface area is 155 Å². The third kappa shape index (κ3) is 4.31. The number of thiazole rings is 1. The van der Waals surface area contributed by atoms with Crippen LogP contribution in [-0.4, -0.2) is 25.2 Å². The molecule has 2 aromatic carbocycles. The summed E-state index contributed by atoms with van der Waals surface area (Å²) in [7, 11) is 3.11. The third-order valence-electron chi connectivity index (χ3n) is 3.68. The number of hydrogen-bond acceptors (Lipinski definition) is 5. The monoisotopic (exact) mass is 369 g/mol. The van der Waals surface area contributed by atoms with Crippen molar-refractivity contribution in [2.45, 2.75) is 6.92 Å². The normalized spacial score (nSPS) is 10.3. The molecule has 3 aromatic rings. The van der Waals surface area contributed by atoms with Gasteiger partial charge in [-0.1, -0.05) is 29.8 Å². The van der Waals surface area contributed by atoms with E-state index in [2.05, 4.69) is 15.6 Å². The van der Waals surface area contributed by atoms with E-state index in [1.54, 1.807) is 32.4 Å². The fourth-order valence-electron chi connectivity index (χ4n) is 2.33. The van der Waals surface area contributed by atoms with Gasteiger partial charge in [0.1, 0.15) is 11.5 Å². The van der Waals surface area contributed by atoms with Crippen LogP contribution >= 0.6 is 11.3 Å². The maximum absolute atomic E-state index is 12.2. The number of aromatic nitrogens is 1. The minimum atomic E-state index is -0.384. The van der Waals surface area contributed by atoms with E-state index < -0.39 is 0 Å². The van der Waals surface area contributed by atoms with Gasteiger partial charge < -0.3 is 14.8 Å². The Bertz CT molecular complexity index is 884. The molecule has 0 saturated heterocycles. The van der Waals surface area contributed by atoms with Gasteiger partial charge in [-0.2, -0.15) is 0 Å². The Morgan fingerprint density at radius 3 is 2.27 bits per heavy atom. The van der Waals surface area contributed by atoms with Crippen molar-refractivity contribution in [1.29, 1.82) is 0 Å². The number of carbonyl (C=O) groups is 1. The van der Waals surface area contributed by atoms with Gasteiger partial charge in [-0.3, -0.25) is 5.32 Å². The lowest BCUT2D eigenvalue weighted by Gasteiger charge is -2.09. The van der Waals surface area contributed by atoms with Crippen molar-refractivity contribution in [1.82, 2.24) is 4.98 Å². The molecule has 0 radical (unpaired) electrons. The van der Waals surface area contributed by atoms with E-state index in [1.807, 2.05) is 36.6 Å². The first-order valence-electron chi connectivity index (χ1n) is 7.91. The molecule has 0 aliphatic carbocycles. The van der Waals surface area contributed by atoms with Crippen LogP contribution in [0, 0.1) is 6.92 Å². The quantitative estimate of drug-likeness (QED) is 0.679. The molecule has 0 spiro atoms. The van der Waals surface area contributed by atoms with Gasteiger partial charge in [0.15, 0.2) is 5.13 Å². The molecule has 2 amide bonds. The summed E-state index contributed by atoms with van der Waals surface area (Å²) in [6.07, 6.45) is 0. The number of methoxy groups -OCH3 is 2. The summed E-state index contributed by atoms with van der Waals surface area (Å²) in [4.78, 5) is 16.7. The van der Waals surface area contributed by atoms with Crippen molar-refractivity contribution < 1.29 is 14.3 Å². The van der Waals surface area contributed by atoms with Crippen LogP contribution < -0.4 is 20.1 Å². The fourth-order valence-corrected chi connectivity index (χ4v) is 3.04. The van der Waals surface area contributed by atoms with Crippen molar-refractivity contribution >= 4 is 28.2 Å². The Morgan fingerprint density at radius 2 is 1.65 bits per heavy atom. The third-order valence-corrected chi connectivity index (χ3v) is 4.44. The topological polar surface area (TPSA) is 72.5 Å². The predicted octanol–water partition coefficient (Wildman–Crippen LogP) is 4.78. The molecular weight excluding hydrogens is 350 g/mol. The van der Waals surface area contributed by atoms with Crippen LogP contribution in [0.4, 0.5) is 15.6 Å². The number of benzene rings is 2. The Balaban J connectivity index is 1.68. The van der Waals surface area contributed by atoms with E-state index >= 15 is 0 Å². The molecule has 3 rings (SSSR count). The number of nitrogens with zero attached hydrogens (tertiary/aromatic N) is 1. The summed E-state index contributed by atoms with van der Waals surface area (Å²) in [6.45, 7) is 2.04. The maximum Gasteiger partial charge on any atom is 0.325 e. The number of ether oxygens (including phenoxy) is 2. The first-order chi connectivity index (χ1) is 12.6. The number of carbonyl (C=O) groups excluding carboxylic acids is 1. The molecule has 0 atom stereocenters. The lowest BCUT2D eigenvalue weighted by molar-refractivity contribution is 0.262. The summed E-state index contributed by atoms with van der Waals surface area (Å²) in [5.41, 5.74) is 3.59. The lowest BCUT2D eigenvalue weighted by atomic mass is 10.1. The number of nitrogens with one attached hydrogen (secondary N) is 2. The van der Waals surface area contributed by atoms with E-state index in [9.17, 15) is 4.79 Å². The zero-order chi connectivity index (χ0) is 18.5. The Morgan fingerprint density at radius 1 is 1.00 bits per heavy atom. The highest BCUT2D eigenvalue weighted by Crippen LogP contribution is 2.27. The van der Waals surface area contributed by atoms with Gasteiger partial charge in [-0.25, -0.2) is 9.78 Å². The van der Waals surface area contributed by atoms with E-state index in [-0.39, 0.29) is 6.03 Å². The Hall–Kier alpha value is -3.06. The number of hydrogen-bond donors (Lipinski definition) is 2.